The Balaban J connectivity index is 0.000000145. The van der Waals surface area contributed by atoms with Gasteiger partial charge in [0.15, 0.2) is 0 Å². The first-order valence-corrected chi connectivity index (χ1v) is 39.0. The number of pyridine rings is 1. The van der Waals surface area contributed by atoms with Crippen LogP contribution >= 0.6 is 0 Å². The molecule has 5 aromatic heterocycles. The second-order valence-corrected chi connectivity index (χ2v) is 32.0. The third-order valence-electron chi connectivity index (χ3n) is 23.6. The molecule has 0 atom stereocenters. The fourth-order valence-corrected chi connectivity index (χ4v) is 15.7. The summed E-state index contributed by atoms with van der Waals surface area (Å²) in [6.07, 6.45) is -4.00. The predicted octanol–water partition coefficient (Wildman–Crippen LogP) is 24.9. The number of alkyl halides is 6. The third kappa shape index (κ3) is 16.7. The molecule has 3 fully saturated rings. The van der Waals surface area contributed by atoms with Crippen LogP contribution < -0.4 is 19.6 Å². The zero-order valence-corrected chi connectivity index (χ0v) is 70.5. The topological polar surface area (TPSA) is 131 Å². The monoisotopic (exact) mass is 1590 g/mol. The predicted molar refractivity (Wildman–Crippen MR) is 456 cm³/mol. The quantitative estimate of drug-likeness (QED) is 0.0677. The Morgan fingerprint density at radius 1 is 0.398 bits per heavy atom. The van der Waals surface area contributed by atoms with Gasteiger partial charge >= 0.3 is 12.4 Å². The molecule has 12 aromatic rings. The van der Waals surface area contributed by atoms with Crippen LogP contribution in [0.5, 0.6) is 0 Å². The zero-order chi connectivity index (χ0) is 85.8. The van der Waals surface area contributed by atoms with Crippen molar-refractivity contribution >= 4 is 45.5 Å². The molecule has 3 aliphatic rings. The van der Waals surface area contributed by atoms with Crippen molar-refractivity contribution < 1.29 is 35.4 Å². The summed E-state index contributed by atoms with van der Waals surface area (Å²) in [7, 11) is 11.6. The molecule has 0 N–H and O–H groups in total. The Labute approximate surface area is 687 Å². The molecular formula is C95H97F6N15O2. The van der Waals surface area contributed by atoms with E-state index in [1.54, 1.807) is 30.0 Å². The van der Waals surface area contributed by atoms with Gasteiger partial charge in [-0.15, -0.1) is 0 Å². The molecule has 3 saturated carbocycles. The molecule has 15 rings (SSSR count). The summed E-state index contributed by atoms with van der Waals surface area (Å²) in [5.41, 5.74) is 22.9. The number of hydrogen-bond donors (Lipinski definition) is 0. The Morgan fingerprint density at radius 2 is 0.746 bits per heavy atom. The third-order valence-corrected chi connectivity index (χ3v) is 23.6. The number of halogens is 6. The molecule has 0 amide bonds. The number of benzene rings is 7. The first kappa shape index (κ1) is 84.7. The first-order chi connectivity index (χ1) is 55.7. The largest absolute Gasteiger partial charge is 0.418 e. The van der Waals surface area contributed by atoms with Gasteiger partial charge < -0.3 is 48.0 Å². The van der Waals surface area contributed by atoms with E-state index in [0.29, 0.717) is 48.6 Å². The van der Waals surface area contributed by atoms with Crippen molar-refractivity contribution in [1.82, 2.24) is 34.9 Å². The van der Waals surface area contributed by atoms with Crippen molar-refractivity contribution in [2.24, 2.45) is 14.1 Å². The van der Waals surface area contributed by atoms with Gasteiger partial charge in [0.25, 0.3) is 22.2 Å². The van der Waals surface area contributed by atoms with Crippen LogP contribution in [0.1, 0.15) is 154 Å². The van der Waals surface area contributed by atoms with Gasteiger partial charge in [0, 0.05) is 185 Å². The van der Waals surface area contributed by atoms with Crippen molar-refractivity contribution in [2.45, 2.75) is 170 Å². The van der Waals surface area contributed by atoms with Gasteiger partial charge in [0.2, 0.25) is 0 Å². The van der Waals surface area contributed by atoms with Crippen molar-refractivity contribution in [3.05, 3.63) is 299 Å². The highest BCUT2D eigenvalue weighted by Gasteiger charge is 2.59. The summed E-state index contributed by atoms with van der Waals surface area (Å²) >= 11 is 0. The van der Waals surface area contributed by atoms with Crippen molar-refractivity contribution in [3.63, 3.8) is 0 Å². The molecule has 7 aromatic carbocycles. The lowest BCUT2D eigenvalue weighted by Crippen LogP contribution is -2.19. The minimum Gasteiger partial charge on any atom is -0.361 e. The maximum Gasteiger partial charge on any atom is 0.418 e. The summed E-state index contributed by atoms with van der Waals surface area (Å²) in [4.78, 5) is 26.5. The second kappa shape index (κ2) is 32.4. The van der Waals surface area contributed by atoms with Crippen LogP contribution in [0, 0.1) is 109 Å². The number of nitrogens with zero attached hydrogens (tertiary/aromatic N) is 15. The van der Waals surface area contributed by atoms with E-state index < -0.39 is 40.1 Å². The standard InChI is InChI=1S/C24H22F3N3O.C24H26N4.C24H28N4.C23H21F3N4O/c1-14-6-7-17(22-15(2)29-31-16(22)3)12-21(14)30(5)18-8-9-19(23(28-4)10-11-23)20(13-18)24(25,26)27;1-16-7-8-19(23-17(2)26-28(6)18(23)3)15-22(16)27(5)21-11-9-20(10-12-21)24(25-4)13-14-24;1-16-9-10-19(23-17(2)26-28(8)18(23)3)15-22(16)27(7)21-13-11-20(12-14-21)24(4,5)25-6;1-13-6-7-16(20-14(2)29-31-15(20)3)10-19(13)30(5)17-11-18(23(24,25)26)21(28-12-17)22(27-4)8-9-22/h6-9,12-13H,10-11H2,1-3,5H3;7-12,15H,13-14H2,1-3,5-6H3;9-15H,1-5,7-8H3;6-7,10-12H,8-9H2,1-3,5H3. The molecule has 0 aliphatic heterocycles. The Hall–Kier alpha value is -12.7. The Morgan fingerprint density at radius 3 is 1.08 bits per heavy atom. The molecule has 17 nitrogen and oxygen atoms in total. The van der Waals surface area contributed by atoms with Crippen molar-refractivity contribution in [3.8, 4) is 44.5 Å². The minimum atomic E-state index is -4.59. The molecule has 3 aliphatic carbocycles. The van der Waals surface area contributed by atoms with Gasteiger partial charge in [-0.05, 0) is 225 Å². The highest BCUT2D eigenvalue weighted by Crippen LogP contribution is 2.56. The minimum absolute atomic E-state index is 0.0772. The van der Waals surface area contributed by atoms with Crippen LogP contribution in [0.15, 0.2) is 161 Å². The molecular weight excluding hydrogens is 1500 g/mol. The fraction of sp³-hybridized carbons (Fsp3) is 0.337. The molecule has 0 spiro atoms. The zero-order valence-electron chi connectivity index (χ0n) is 70.5. The van der Waals surface area contributed by atoms with E-state index in [9.17, 15) is 26.3 Å². The van der Waals surface area contributed by atoms with Crippen LogP contribution in [0.3, 0.4) is 0 Å². The number of hydrogen-bond acceptors (Lipinski definition) is 11. The van der Waals surface area contributed by atoms with Gasteiger partial charge in [0.05, 0.1) is 45.8 Å². The molecule has 606 valence electrons. The average molecular weight is 1590 g/mol. The highest BCUT2D eigenvalue weighted by atomic mass is 19.4. The summed E-state index contributed by atoms with van der Waals surface area (Å²) in [5, 5.41) is 17.1. The lowest BCUT2D eigenvalue weighted by molar-refractivity contribution is -0.139. The number of aryl methyl sites for hydroxylation is 12. The van der Waals surface area contributed by atoms with Crippen LogP contribution in [-0.2, 0) is 48.6 Å². The van der Waals surface area contributed by atoms with Gasteiger partial charge in [0.1, 0.15) is 17.2 Å². The van der Waals surface area contributed by atoms with Gasteiger partial charge in [-0.25, -0.2) is 31.3 Å². The maximum absolute atomic E-state index is 13.9. The van der Waals surface area contributed by atoms with E-state index in [4.69, 9.17) is 35.3 Å². The van der Waals surface area contributed by atoms with Gasteiger partial charge in [-0.3, -0.25) is 9.36 Å². The van der Waals surface area contributed by atoms with Crippen LogP contribution in [0.2, 0.25) is 0 Å². The molecule has 23 heteroatoms. The van der Waals surface area contributed by atoms with Crippen LogP contribution in [0.25, 0.3) is 63.9 Å². The Kier molecular flexibility index (Phi) is 23.2. The summed E-state index contributed by atoms with van der Waals surface area (Å²) < 4.78 is 97.5. The van der Waals surface area contributed by atoms with E-state index in [1.807, 2.05) is 115 Å². The summed E-state index contributed by atoms with van der Waals surface area (Å²) in [6.45, 7) is 57.2. The van der Waals surface area contributed by atoms with Gasteiger partial charge in [-0.2, -0.15) is 36.5 Å². The maximum atomic E-state index is 13.9. The van der Waals surface area contributed by atoms with Crippen LogP contribution in [0.4, 0.5) is 71.8 Å². The number of aromatic nitrogens is 7. The smallest absolute Gasteiger partial charge is 0.361 e. The average Bonchev–Trinajstić information content (AvgIpc) is 1.29. The van der Waals surface area contributed by atoms with E-state index in [1.165, 1.54) is 62.7 Å². The van der Waals surface area contributed by atoms with Crippen molar-refractivity contribution in [2.75, 3.05) is 47.8 Å². The summed E-state index contributed by atoms with van der Waals surface area (Å²) in [5.74, 6) is 1.36. The normalized spacial score (nSPS) is 14.0. The second-order valence-electron chi connectivity index (χ2n) is 32.0. The highest BCUT2D eigenvalue weighted by molar-refractivity contribution is 5.81. The molecule has 5 heterocycles. The molecule has 0 bridgehead atoms. The van der Waals surface area contributed by atoms with Crippen molar-refractivity contribution in [1.29, 1.82) is 0 Å². The van der Waals surface area contributed by atoms with E-state index >= 15 is 0 Å². The first-order valence-electron chi connectivity index (χ1n) is 39.0. The molecule has 118 heavy (non-hydrogen) atoms. The van der Waals surface area contributed by atoms with E-state index in [-0.39, 0.29) is 16.8 Å². The van der Waals surface area contributed by atoms with E-state index in [0.717, 1.165) is 121 Å². The Bertz CT molecular complexity index is 5600. The summed E-state index contributed by atoms with van der Waals surface area (Å²) in [6, 6.07) is 46.9. The molecule has 0 unspecified atom stereocenters. The number of rotatable bonds is 16. The molecule has 0 saturated heterocycles. The number of anilines is 8. The lowest BCUT2D eigenvalue weighted by atomic mass is 9.95. The fourth-order valence-electron chi connectivity index (χ4n) is 15.7. The SMILES string of the molecule is [C-]#[N+]C(C)(C)c1ccc(N(C)c2cc(-c3c(C)nn(C)c3C)ccc2C)cc1.[C-]#[N+]C1(c2ccc(N(C)c3cc(-c4c(C)nn(C)c4C)ccc3C)cc2)CC1.[C-]#[N+]C1(c2ccc(N(C)c3cc(-c4c(C)noc4C)ccc3C)cc2C(F)(F)F)CC1.[C-]#[N+]C1(c2ncc(N(C)c3cc(-c4c(C)noc4C)ccc3C)cc2C(F)(F)F)CC1. The van der Waals surface area contributed by atoms with Gasteiger partial charge in [-0.1, -0.05) is 58.8 Å². The van der Waals surface area contributed by atoms with Crippen LogP contribution in [-0.4, -0.2) is 63.0 Å². The lowest BCUT2D eigenvalue weighted by Gasteiger charge is -2.24. The molecule has 0 radical (unpaired) electrons. The van der Waals surface area contributed by atoms with E-state index in [2.05, 4.69) is 195 Å².